The number of amides is 1. The molecule has 3 rings (SSSR count). The summed E-state index contributed by atoms with van der Waals surface area (Å²) in [5.41, 5.74) is 0.284. The van der Waals surface area contributed by atoms with E-state index < -0.39 is 10.9 Å². The predicted molar refractivity (Wildman–Crippen MR) is 105 cm³/mol. The fraction of sp³-hybridized carbons (Fsp3) is 0.368. The average Bonchev–Trinajstić information content (AvgIpc) is 3.37. The molecule has 1 aliphatic rings. The van der Waals surface area contributed by atoms with Gasteiger partial charge in [0.15, 0.2) is 6.61 Å². The lowest BCUT2D eigenvalue weighted by molar-refractivity contribution is -0.384. The normalized spacial score (nSPS) is 16.0. The van der Waals surface area contributed by atoms with Crippen molar-refractivity contribution in [2.75, 3.05) is 25.0 Å². The third-order valence-corrected chi connectivity index (χ3v) is 5.52. The minimum atomic E-state index is -0.522. The molecule has 8 nitrogen and oxygen atoms in total. The molecule has 0 bridgehead atoms. The minimum Gasteiger partial charge on any atom is -0.456 e. The zero-order valence-electron chi connectivity index (χ0n) is 15.2. The molecule has 1 N–H and O–H groups in total. The van der Waals surface area contributed by atoms with Gasteiger partial charge in [0.25, 0.3) is 11.6 Å². The van der Waals surface area contributed by atoms with E-state index in [4.69, 9.17) is 4.74 Å². The van der Waals surface area contributed by atoms with Crippen molar-refractivity contribution in [1.29, 1.82) is 0 Å². The fourth-order valence-electron chi connectivity index (χ4n) is 3.22. The van der Waals surface area contributed by atoms with Gasteiger partial charge in [0.1, 0.15) is 5.69 Å². The van der Waals surface area contributed by atoms with Gasteiger partial charge in [-0.2, -0.15) is 0 Å². The van der Waals surface area contributed by atoms with Crippen LogP contribution in [0.5, 0.6) is 0 Å². The van der Waals surface area contributed by atoms with Crippen LogP contribution in [0.2, 0.25) is 0 Å². The number of nitro groups is 1. The number of nitrogens with zero attached hydrogens (tertiary/aromatic N) is 2. The molecule has 0 saturated carbocycles. The van der Waals surface area contributed by atoms with Gasteiger partial charge < -0.3 is 15.0 Å². The van der Waals surface area contributed by atoms with Gasteiger partial charge in [-0.25, -0.2) is 0 Å². The number of thiophene rings is 1. The third kappa shape index (κ3) is 4.86. The Morgan fingerprint density at radius 1 is 1.29 bits per heavy atom. The largest absolute Gasteiger partial charge is 0.456 e. The number of ether oxygens (including phenoxy) is 1. The van der Waals surface area contributed by atoms with Gasteiger partial charge in [-0.1, -0.05) is 18.2 Å². The number of rotatable bonds is 8. The molecule has 0 radical (unpaired) electrons. The van der Waals surface area contributed by atoms with Crippen LogP contribution in [-0.2, 0) is 14.3 Å². The van der Waals surface area contributed by atoms with Gasteiger partial charge >= 0.3 is 5.97 Å². The summed E-state index contributed by atoms with van der Waals surface area (Å²) in [5, 5.41) is 15.8. The number of nitrogens with one attached hydrogen (secondary N) is 1. The van der Waals surface area contributed by atoms with Crippen LogP contribution in [0.4, 0.5) is 11.4 Å². The van der Waals surface area contributed by atoms with Crippen LogP contribution in [-0.4, -0.2) is 41.4 Å². The van der Waals surface area contributed by atoms with Crippen LogP contribution < -0.4 is 5.32 Å². The molecular formula is C19H21N3O5S. The first-order valence-electron chi connectivity index (χ1n) is 9.02. The summed E-state index contributed by atoms with van der Waals surface area (Å²) in [6.07, 6.45) is 1.86. The van der Waals surface area contributed by atoms with E-state index in [0.717, 1.165) is 17.7 Å². The molecule has 1 saturated heterocycles. The Balaban J connectivity index is 1.43. The quantitative estimate of drug-likeness (QED) is 0.412. The number of nitro benzene ring substituents is 1. The zero-order valence-corrected chi connectivity index (χ0v) is 16.0. The topological polar surface area (TPSA) is 102 Å². The Kier molecular flexibility index (Phi) is 6.59. The van der Waals surface area contributed by atoms with Crippen molar-refractivity contribution in [3.05, 3.63) is 56.8 Å². The summed E-state index contributed by atoms with van der Waals surface area (Å²) < 4.78 is 5.10. The lowest BCUT2D eigenvalue weighted by atomic mass is 10.2. The Morgan fingerprint density at radius 2 is 2.11 bits per heavy atom. The maximum Gasteiger partial charge on any atom is 0.308 e. The number of hydrogen-bond donors (Lipinski definition) is 1. The van der Waals surface area contributed by atoms with Gasteiger partial charge in [-0.3, -0.25) is 19.7 Å². The maximum atomic E-state index is 12.4. The Hall–Kier alpha value is -2.94. The van der Waals surface area contributed by atoms with Gasteiger partial charge in [-0.15, -0.1) is 11.3 Å². The molecule has 9 heteroatoms. The summed E-state index contributed by atoms with van der Waals surface area (Å²) in [4.78, 5) is 37.7. The summed E-state index contributed by atoms with van der Waals surface area (Å²) in [5.74, 6) is -0.720. The number of benzene rings is 1. The van der Waals surface area contributed by atoms with E-state index in [-0.39, 0.29) is 37.2 Å². The van der Waals surface area contributed by atoms with Crippen molar-refractivity contribution < 1.29 is 19.2 Å². The van der Waals surface area contributed by atoms with E-state index in [1.807, 2.05) is 17.5 Å². The molecule has 1 aliphatic heterocycles. The summed E-state index contributed by atoms with van der Waals surface area (Å²) in [7, 11) is 0. The Bertz CT molecular complexity index is 840. The monoisotopic (exact) mass is 403 g/mol. The molecule has 1 amide bonds. The predicted octanol–water partition coefficient (Wildman–Crippen LogP) is 3.37. The molecule has 0 aliphatic carbocycles. The minimum absolute atomic E-state index is 0.00762. The van der Waals surface area contributed by atoms with E-state index in [0.29, 0.717) is 12.2 Å². The number of likely N-dealkylation sites (tertiary alicyclic amines) is 1. The summed E-state index contributed by atoms with van der Waals surface area (Å²) >= 11 is 1.62. The summed E-state index contributed by atoms with van der Waals surface area (Å²) in [6, 6.07) is 10.3. The van der Waals surface area contributed by atoms with E-state index in [1.165, 1.54) is 6.07 Å². The number of esters is 1. The smallest absolute Gasteiger partial charge is 0.308 e. The van der Waals surface area contributed by atoms with Gasteiger partial charge in [0.2, 0.25) is 0 Å². The number of anilines is 1. The Morgan fingerprint density at radius 3 is 2.86 bits per heavy atom. The Labute approximate surface area is 166 Å². The van der Waals surface area contributed by atoms with Crippen LogP contribution >= 0.6 is 11.3 Å². The number of hydrogen-bond acceptors (Lipinski definition) is 7. The lowest BCUT2D eigenvalue weighted by Crippen LogP contribution is -2.34. The second kappa shape index (κ2) is 9.32. The highest BCUT2D eigenvalue weighted by atomic mass is 32.1. The van der Waals surface area contributed by atoms with Crippen molar-refractivity contribution in [2.24, 2.45) is 0 Å². The molecular weight excluding hydrogens is 382 g/mol. The molecule has 1 unspecified atom stereocenters. The van der Waals surface area contributed by atoms with Crippen molar-refractivity contribution in [1.82, 2.24) is 4.90 Å². The highest BCUT2D eigenvalue weighted by molar-refractivity contribution is 7.10. The molecule has 1 aromatic heterocycles. The van der Waals surface area contributed by atoms with E-state index >= 15 is 0 Å². The average molecular weight is 403 g/mol. The number of carbonyl (C=O) groups is 2. The lowest BCUT2D eigenvalue weighted by Gasteiger charge is -2.23. The highest BCUT2D eigenvalue weighted by Crippen LogP contribution is 2.34. The van der Waals surface area contributed by atoms with E-state index in [2.05, 4.69) is 5.32 Å². The molecule has 2 heterocycles. The standard InChI is InChI=1S/C19H21N3O5S/c23-18(21-11-3-7-16(21)17-8-4-12-28-17)13-27-19(24)9-10-20-14-5-1-2-6-15(14)22(25)26/h1-2,4-6,8,12,16,20H,3,7,9-11,13H2. The number of para-hydroxylation sites is 2. The first kappa shape index (κ1) is 19.8. The number of carbonyl (C=O) groups excluding carboxylic acids is 2. The molecule has 28 heavy (non-hydrogen) atoms. The van der Waals surface area contributed by atoms with E-state index in [1.54, 1.807) is 34.4 Å². The van der Waals surface area contributed by atoms with Crippen molar-refractivity contribution in [3.8, 4) is 0 Å². The second-order valence-corrected chi connectivity index (χ2v) is 7.35. The second-order valence-electron chi connectivity index (χ2n) is 6.37. The van der Waals surface area contributed by atoms with Crippen molar-refractivity contribution in [3.63, 3.8) is 0 Å². The first-order valence-corrected chi connectivity index (χ1v) is 9.90. The van der Waals surface area contributed by atoms with E-state index in [9.17, 15) is 19.7 Å². The molecule has 148 valence electrons. The van der Waals surface area contributed by atoms with Crippen LogP contribution in [0.25, 0.3) is 0 Å². The van der Waals surface area contributed by atoms with Crippen LogP contribution in [0.15, 0.2) is 41.8 Å². The van der Waals surface area contributed by atoms with Crippen LogP contribution in [0.1, 0.15) is 30.2 Å². The van der Waals surface area contributed by atoms with Gasteiger partial charge in [0, 0.05) is 24.0 Å². The SMILES string of the molecule is O=C(CCNc1ccccc1[N+](=O)[O-])OCC(=O)N1CCCC1c1cccs1. The first-order chi connectivity index (χ1) is 13.6. The van der Waals surface area contributed by atoms with Crippen molar-refractivity contribution >= 4 is 34.6 Å². The maximum absolute atomic E-state index is 12.4. The van der Waals surface area contributed by atoms with Crippen molar-refractivity contribution in [2.45, 2.75) is 25.3 Å². The highest BCUT2D eigenvalue weighted by Gasteiger charge is 2.30. The third-order valence-electron chi connectivity index (χ3n) is 4.55. The van der Waals surface area contributed by atoms with Crippen LogP contribution in [0.3, 0.4) is 0 Å². The molecule has 2 aromatic rings. The van der Waals surface area contributed by atoms with Crippen LogP contribution in [0, 0.1) is 10.1 Å². The zero-order chi connectivity index (χ0) is 19.9. The molecule has 1 aromatic carbocycles. The molecule has 1 fully saturated rings. The molecule has 1 atom stereocenters. The molecule has 0 spiro atoms. The fourth-order valence-corrected chi connectivity index (χ4v) is 4.09. The van der Waals surface area contributed by atoms with Gasteiger partial charge in [-0.05, 0) is 30.4 Å². The summed E-state index contributed by atoms with van der Waals surface area (Å²) in [6.45, 7) is 0.559. The van der Waals surface area contributed by atoms with Gasteiger partial charge in [0.05, 0.1) is 17.4 Å².